The Bertz CT molecular complexity index is 454. The van der Waals surface area contributed by atoms with Crippen molar-refractivity contribution in [2.75, 3.05) is 35.8 Å². The zero-order valence-corrected chi connectivity index (χ0v) is 13.2. The molecule has 1 fully saturated rings. The number of nitrogens with one attached hydrogen (secondary N) is 1. The quantitative estimate of drug-likeness (QED) is 0.632. The molecule has 0 radical (unpaired) electrons. The molecule has 1 saturated heterocycles. The molecule has 20 heavy (non-hydrogen) atoms. The van der Waals surface area contributed by atoms with E-state index in [9.17, 15) is 0 Å². The number of anilines is 2. The minimum absolute atomic E-state index is 0.236. The summed E-state index contributed by atoms with van der Waals surface area (Å²) in [6, 6.07) is 1.89. The Balaban J connectivity index is 2.21. The third kappa shape index (κ3) is 3.97. The van der Waals surface area contributed by atoms with Crippen molar-refractivity contribution in [1.29, 1.82) is 0 Å². The number of ether oxygens (including phenoxy) is 1. The lowest BCUT2D eigenvalue weighted by atomic mass is 10.2. The highest BCUT2D eigenvalue weighted by molar-refractivity contribution is 8.00. The molecule has 1 aromatic rings. The van der Waals surface area contributed by atoms with Gasteiger partial charge in [-0.15, -0.1) is 0 Å². The molecule has 2 heterocycles. The second kappa shape index (κ2) is 6.60. The van der Waals surface area contributed by atoms with Gasteiger partial charge in [0.2, 0.25) is 0 Å². The highest BCUT2D eigenvalue weighted by atomic mass is 32.2. The summed E-state index contributed by atoms with van der Waals surface area (Å²) >= 11 is 2.00. The molecule has 0 unspecified atom stereocenters. The van der Waals surface area contributed by atoms with Crippen LogP contribution in [0.5, 0.6) is 0 Å². The Morgan fingerprint density at radius 1 is 1.50 bits per heavy atom. The smallest absolute Gasteiger partial charge is 0.158 e. The molecule has 0 bridgehead atoms. The number of rotatable bonds is 5. The van der Waals surface area contributed by atoms with E-state index < -0.39 is 0 Å². The first-order chi connectivity index (χ1) is 9.54. The summed E-state index contributed by atoms with van der Waals surface area (Å²) in [5.74, 6) is 8.79. The maximum atomic E-state index is 5.50. The standard InChI is InChI=1S/C13H23N5OS/c1-4-19-8-11-15-10(17-14)7-12(16-11)18-5-6-20-13(2,3)9-18/h7H,4-6,8-9,14H2,1-3H3,(H,15,16,17). The summed E-state index contributed by atoms with van der Waals surface area (Å²) in [6.07, 6.45) is 0. The molecule has 1 aliphatic heterocycles. The molecule has 0 atom stereocenters. The normalized spacial score (nSPS) is 18.1. The molecule has 0 aromatic carbocycles. The molecule has 6 nitrogen and oxygen atoms in total. The number of hydrogen-bond donors (Lipinski definition) is 2. The van der Waals surface area contributed by atoms with Crippen LogP contribution in [0.3, 0.4) is 0 Å². The van der Waals surface area contributed by atoms with Gasteiger partial charge in [0.25, 0.3) is 0 Å². The van der Waals surface area contributed by atoms with Crippen LogP contribution in [0.1, 0.15) is 26.6 Å². The van der Waals surface area contributed by atoms with E-state index in [4.69, 9.17) is 10.6 Å². The Labute approximate surface area is 124 Å². The molecule has 0 aliphatic carbocycles. The van der Waals surface area contributed by atoms with Crippen molar-refractivity contribution in [1.82, 2.24) is 9.97 Å². The summed E-state index contributed by atoms with van der Waals surface area (Å²) in [4.78, 5) is 11.2. The predicted molar refractivity (Wildman–Crippen MR) is 83.9 cm³/mol. The molecular formula is C13H23N5OS. The number of nitrogens with two attached hydrogens (primary N) is 1. The van der Waals surface area contributed by atoms with Gasteiger partial charge in [-0.25, -0.2) is 15.8 Å². The summed E-state index contributed by atoms with van der Waals surface area (Å²) in [6.45, 7) is 9.48. The van der Waals surface area contributed by atoms with E-state index in [0.717, 1.165) is 24.7 Å². The summed E-state index contributed by atoms with van der Waals surface area (Å²) in [7, 11) is 0. The van der Waals surface area contributed by atoms with Crippen LogP contribution < -0.4 is 16.2 Å². The molecule has 0 saturated carbocycles. The van der Waals surface area contributed by atoms with E-state index in [1.807, 2.05) is 24.8 Å². The van der Waals surface area contributed by atoms with E-state index in [-0.39, 0.29) is 4.75 Å². The van der Waals surface area contributed by atoms with Crippen LogP contribution in [-0.2, 0) is 11.3 Å². The number of hydrazine groups is 1. The van der Waals surface area contributed by atoms with Crippen molar-refractivity contribution in [3.8, 4) is 0 Å². The lowest BCUT2D eigenvalue weighted by Gasteiger charge is -2.38. The van der Waals surface area contributed by atoms with Crippen molar-refractivity contribution in [3.63, 3.8) is 0 Å². The largest absolute Gasteiger partial charge is 0.374 e. The van der Waals surface area contributed by atoms with E-state index >= 15 is 0 Å². The Hall–Kier alpha value is -1.05. The maximum Gasteiger partial charge on any atom is 0.158 e. The molecule has 0 spiro atoms. The van der Waals surface area contributed by atoms with Crippen LogP contribution >= 0.6 is 11.8 Å². The fraction of sp³-hybridized carbons (Fsp3) is 0.692. The van der Waals surface area contributed by atoms with Crippen molar-refractivity contribution in [2.24, 2.45) is 5.84 Å². The SMILES string of the molecule is CCOCc1nc(NN)cc(N2CCSC(C)(C)C2)n1. The average Bonchev–Trinajstić information content (AvgIpc) is 2.43. The van der Waals surface area contributed by atoms with Gasteiger partial charge in [0.1, 0.15) is 18.2 Å². The molecule has 112 valence electrons. The van der Waals surface area contributed by atoms with Crippen LogP contribution in [0.25, 0.3) is 0 Å². The van der Waals surface area contributed by atoms with Crippen molar-refractivity contribution >= 4 is 23.4 Å². The first kappa shape index (κ1) is 15.3. The van der Waals surface area contributed by atoms with Crippen molar-refractivity contribution in [3.05, 3.63) is 11.9 Å². The minimum Gasteiger partial charge on any atom is -0.374 e. The Kier molecular flexibility index (Phi) is 5.06. The van der Waals surface area contributed by atoms with Gasteiger partial charge in [0, 0.05) is 36.3 Å². The van der Waals surface area contributed by atoms with Gasteiger partial charge in [0.05, 0.1) is 0 Å². The lowest BCUT2D eigenvalue weighted by Crippen LogP contribution is -2.43. The first-order valence-corrected chi connectivity index (χ1v) is 7.84. The highest BCUT2D eigenvalue weighted by Crippen LogP contribution is 2.32. The fourth-order valence-electron chi connectivity index (χ4n) is 2.19. The van der Waals surface area contributed by atoms with E-state index in [2.05, 4.69) is 34.1 Å². The molecule has 3 N–H and O–H groups in total. The summed E-state index contributed by atoms with van der Waals surface area (Å²) in [5.41, 5.74) is 2.61. The van der Waals surface area contributed by atoms with Gasteiger partial charge in [-0.3, -0.25) is 0 Å². The van der Waals surface area contributed by atoms with Crippen LogP contribution in [0.2, 0.25) is 0 Å². The number of thioether (sulfide) groups is 1. The van der Waals surface area contributed by atoms with E-state index in [1.54, 1.807) is 0 Å². The highest BCUT2D eigenvalue weighted by Gasteiger charge is 2.28. The fourth-order valence-corrected chi connectivity index (χ4v) is 3.30. The van der Waals surface area contributed by atoms with Gasteiger partial charge in [-0.05, 0) is 20.8 Å². The topological polar surface area (TPSA) is 76.3 Å². The number of aromatic nitrogens is 2. The van der Waals surface area contributed by atoms with Crippen molar-refractivity contribution < 1.29 is 4.74 Å². The number of nitrogens with zero attached hydrogens (tertiary/aromatic N) is 3. The average molecular weight is 297 g/mol. The van der Waals surface area contributed by atoms with Gasteiger partial charge < -0.3 is 15.1 Å². The van der Waals surface area contributed by atoms with E-state index in [0.29, 0.717) is 24.9 Å². The molecule has 1 aromatic heterocycles. The van der Waals surface area contributed by atoms with Crippen LogP contribution in [0, 0.1) is 0 Å². The molecule has 0 amide bonds. The predicted octanol–water partition coefficient (Wildman–Crippen LogP) is 1.63. The molecule has 2 rings (SSSR count). The third-order valence-electron chi connectivity index (χ3n) is 3.09. The maximum absolute atomic E-state index is 5.50. The number of nitrogen functional groups attached to an aromatic ring is 1. The van der Waals surface area contributed by atoms with Gasteiger partial charge in [0.15, 0.2) is 5.82 Å². The second-order valence-electron chi connectivity index (χ2n) is 5.34. The minimum atomic E-state index is 0.236. The van der Waals surface area contributed by atoms with Gasteiger partial charge >= 0.3 is 0 Å². The van der Waals surface area contributed by atoms with E-state index in [1.165, 1.54) is 0 Å². The zero-order chi connectivity index (χ0) is 14.6. The zero-order valence-electron chi connectivity index (χ0n) is 12.3. The van der Waals surface area contributed by atoms with Gasteiger partial charge in [-0.2, -0.15) is 11.8 Å². The second-order valence-corrected chi connectivity index (χ2v) is 7.14. The summed E-state index contributed by atoms with van der Waals surface area (Å²) in [5, 5.41) is 0. The Morgan fingerprint density at radius 2 is 2.30 bits per heavy atom. The molecule has 7 heteroatoms. The van der Waals surface area contributed by atoms with Crippen LogP contribution in [0.15, 0.2) is 6.07 Å². The monoisotopic (exact) mass is 297 g/mol. The summed E-state index contributed by atoms with van der Waals surface area (Å²) < 4.78 is 5.62. The molecular weight excluding hydrogens is 274 g/mol. The van der Waals surface area contributed by atoms with Crippen LogP contribution in [0.4, 0.5) is 11.6 Å². The van der Waals surface area contributed by atoms with Gasteiger partial charge in [-0.1, -0.05) is 0 Å². The molecule has 1 aliphatic rings. The van der Waals surface area contributed by atoms with Crippen molar-refractivity contribution in [2.45, 2.75) is 32.1 Å². The Morgan fingerprint density at radius 3 is 2.95 bits per heavy atom. The number of hydrogen-bond acceptors (Lipinski definition) is 7. The van der Waals surface area contributed by atoms with Crippen LogP contribution in [-0.4, -0.2) is 40.2 Å². The first-order valence-electron chi connectivity index (χ1n) is 6.85. The lowest BCUT2D eigenvalue weighted by molar-refractivity contribution is 0.128. The third-order valence-corrected chi connectivity index (χ3v) is 4.39.